The Morgan fingerprint density at radius 3 is 2.19 bits per heavy atom. The van der Waals surface area contributed by atoms with Gasteiger partial charge in [-0.15, -0.1) is 0 Å². The van der Waals surface area contributed by atoms with Gasteiger partial charge in [0.2, 0.25) is 0 Å². The third-order valence-electron chi connectivity index (χ3n) is 3.33. The number of benzene rings is 2. The quantitative estimate of drug-likeness (QED) is 0.386. The predicted molar refractivity (Wildman–Crippen MR) is 105 cm³/mol. The van der Waals surface area contributed by atoms with Crippen LogP contribution in [0.2, 0.25) is 0 Å². The van der Waals surface area contributed by atoms with Crippen LogP contribution in [0.5, 0.6) is 11.5 Å². The fraction of sp³-hybridized carbons (Fsp3) is 0.263. The molecule has 138 valence electrons. The van der Waals surface area contributed by atoms with Gasteiger partial charge >= 0.3 is 5.97 Å². The fourth-order valence-corrected chi connectivity index (χ4v) is 2.99. The molecule has 2 aromatic carbocycles. The number of ketones is 1. The van der Waals surface area contributed by atoms with Crippen LogP contribution in [0.1, 0.15) is 34.6 Å². The van der Waals surface area contributed by atoms with Crippen molar-refractivity contribution in [1.29, 1.82) is 0 Å². The number of Topliss-reactive ketones (excluding diaryl/α,β-unsaturated/α-hetero) is 1. The van der Waals surface area contributed by atoms with E-state index in [4.69, 9.17) is 14.2 Å². The SMILES string of the molecule is CCOc1cc(C(=O)OCC(=O)c2ccc(Br)cc2)cc(Br)c1OCC. The standard InChI is InChI=1S/C19H18Br2O5/c1-3-24-17-10-13(9-15(21)18(17)25-4-2)19(23)26-11-16(22)12-5-7-14(20)8-6-12/h5-10H,3-4,11H2,1-2H3. The molecule has 0 unspecified atom stereocenters. The van der Waals surface area contributed by atoms with Crippen molar-refractivity contribution in [3.8, 4) is 11.5 Å². The van der Waals surface area contributed by atoms with Gasteiger partial charge in [-0.2, -0.15) is 0 Å². The first kappa shape index (κ1) is 20.5. The van der Waals surface area contributed by atoms with Gasteiger partial charge in [-0.05, 0) is 54.0 Å². The molecule has 26 heavy (non-hydrogen) atoms. The van der Waals surface area contributed by atoms with Gasteiger partial charge in [-0.3, -0.25) is 4.79 Å². The summed E-state index contributed by atoms with van der Waals surface area (Å²) in [5, 5.41) is 0. The van der Waals surface area contributed by atoms with Crippen molar-refractivity contribution in [3.63, 3.8) is 0 Å². The molecule has 0 saturated carbocycles. The average molecular weight is 486 g/mol. The second-order valence-electron chi connectivity index (χ2n) is 5.16. The van der Waals surface area contributed by atoms with Crippen LogP contribution in [0.3, 0.4) is 0 Å². The summed E-state index contributed by atoms with van der Waals surface area (Å²) in [5.41, 5.74) is 0.747. The second-order valence-corrected chi connectivity index (χ2v) is 6.93. The predicted octanol–water partition coefficient (Wildman–Crippen LogP) is 5.05. The minimum atomic E-state index is -0.611. The molecule has 0 aliphatic heterocycles. The van der Waals surface area contributed by atoms with Crippen LogP contribution in [0.4, 0.5) is 0 Å². The Bertz CT molecular complexity index is 787. The number of hydrogen-bond donors (Lipinski definition) is 0. The molecular formula is C19H18Br2O5. The van der Waals surface area contributed by atoms with E-state index in [2.05, 4.69) is 31.9 Å². The molecule has 0 saturated heterocycles. The molecule has 0 aliphatic rings. The number of carbonyl (C=O) groups is 2. The maximum absolute atomic E-state index is 12.3. The van der Waals surface area contributed by atoms with Gasteiger partial charge in [0.25, 0.3) is 0 Å². The summed E-state index contributed by atoms with van der Waals surface area (Å²) < 4.78 is 17.7. The Labute approximate surface area is 168 Å². The highest BCUT2D eigenvalue weighted by molar-refractivity contribution is 9.10. The molecule has 0 spiro atoms. The van der Waals surface area contributed by atoms with Gasteiger partial charge in [0.15, 0.2) is 23.9 Å². The first-order valence-electron chi connectivity index (χ1n) is 8.01. The third kappa shape index (κ3) is 5.32. The van der Waals surface area contributed by atoms with E-state index >= 15 is 0 Å². The number of hydrogen-bond acceptors (Lipinski definition) is 5. The lowest BCUT2D eigenvalue weighted by Gasteiger charge is -2.14. The van der Waals surface area contributed by atoms with Gasteiger partial charge in [-0.1, -0.05) is 28.1 Å². The normalized spacial score (nSPS) is 10.3. The molecule has 0 bridgehead atoms. The third-order valence-corrected chi connectivity index (χ3v) is 4.45. The van der Waals surface area contributed by atoms with Gasteiger partial charge in [0, 0.05) is 10.0 Å². The number of ether oxygens (including phenoxy) is 3. The fourth-order valence-electron chi connectivity index (χ4n) is 2.17. The highest BCUT2D eigenvalue weighted by Gasteiger charge is 2.18. The van der Waals surface area contributed by atoms with Crippen LogP contribution in [-0.4, -0.2) is 31.6 Å². The minimum Gasteiger partial charge on any atom is -0.490 e. The first-order valence-corrected chi connectivity index (χ1v) is 9.59. The van der Waals surface area contributed by atoms with Crippen molar-refractivity contribution in [3.05, 3.63) is 56.5 Å². The lowest BCUT2D eigenvalue weighted by molar-refractivity contribution is 0.0474. The molecule has 7 heteroatoms. The highest BCUT2D eigenvalue weighted by Crippen LogP contribution is 2.37. The topological polar surface area (TPSA) is 61.8 Å². The van der Waals surface area contributed by atoms with E-state index < -0.39 is 5.97 Å². The molecule has 0 radical (unpaired) electrons. The van der Waals surface area contributed by atoms with Gasteiger partial charge in [-0.25, -0.2) is 4.79 Å². The van der Waals surface area contributed by atoms with Crippen molar-refractivity contribution in [2.45, 2.75) is 13.8 Å². The van der Waals surface area contributed by atoms with E-state index in [1.165, 1.54) is 0 Å². The molecule has 0 aliphatic carbocycles. The summed E-state index contributed by atoms with van der Waals surface area (Å²) in [4.78, 5) is 24.4. The van der Waals surface area contributed by atoms with Crippen molar-refractivity contribution in [2.24, 2.45) is 0 Å². The summed E-state index contributed by atoms with van der Waals surface area (Å²) in [6.45, 7) is 4.25. The number of halogens is 2. The van der Waals surface area contributed by atoms with E-state index in [9.17, 15) is 9.59 Å². The zero-order valence-electron chi connectivity index (χ0n) is 14.4. The Morgan fingerprint density at radius 1 is 0.923 bits per heavy atom. The average Bonchev–Trinajstić information content (AvgIpc) is 2.62. The number of rotatable bonds is 8. The van der Waals surface area contributed by atoms with Crippen LogP contribution >= 0.6 is 31.9 Å². The summed E-state index contributed by atoms with van der Waals surface area (Å²) in [7, 11) is 0. The summed E-state index contributed by atoms with van der Waals surface area (Å²) in [6.07, 6.45) is 0. The van der Waals surface area contributed by atoms with E-state index in [1.54, 1.807) is 36.4 Å². The lowest BCUT2D eigenvalue weighted by atomic mass is 10.1. The van der Waals surface area contributed by atoms with E-state index in [0.717, 1.165) is 4.47 Å². The number of carbonyl (C=O) groups excluding carboxylic acids is 2. The molecule has 0 amide bonds. The summed E-state index contributed by atoms with van der Waals surface area (Å²) in [6, 6.07) is 9.98. The van der Waals surface area contributed by atoms with E-state index in [1.807, 2.05) is 13.8 Å². The zero-order chi connectivity index (χ0) is 19.1. The summed E-state index contributed by atoms with van der Waals surface area (Å²) >= 11 is 6.68. The first-order chi connectivity index (χ1) is 12.5. The number of esters is 1. The van der Waals surface area contributed by atoms with Gasteiger partial charge in [0.05, 0.1) is 23.2 Å². The molecule has 0 heterocycles. The van der Waals surface area contributed by atoms with Crippen LogP contribution in [0, 0.1) is 0 Å². The van der Waals surface area contributed by atoms with E-state index in [0.29, 0.717) is 34.7 Å². The van der Waals surface area contributed by atoms with Crippen molar-refractivity contribution >= 4 is 43.6 Å². The van der Waals surface area contributed by atoms with Gasteiger partial charge < -0.3 is 14.2 Å². The lowest BCUT2D eigenvalue weighted by Crippen LogP contribution is -2.14. The maximum Gasteiger partial charge on any atom is 0.338 e. The maximum atomic E-state index is 12.3. The minimum absolute atomic E-state index is 0.271. The zero-order valence-corrected chi connectivity index (χ0v) is 17.6. The highest BCUT2D eigenvalue weighted by atomic mass is 79.9. The molecule has 0 aromatic heterocycles. The Morgan fingerprint density at radius 2 is 1.58 bits per heavy atom. The largest absolute Gasteiger partial charge is 0.490 e. The van der Waals surface area contributed by atoms with Crippen molar-refractivity contribution in [2.75, 3.05) is 19.8 Å². The van der Waals surface area contributed by atoms with Crippen molar-refractivity contribution < 1.29 is 23.8 Å². The second kappa shape index (κ2) is 9.73. The Balaban J connectivity index is 2.11. The molecule has 0 atom stereocenters. The Hall–Kier alpha value is -1.86. The van der Waals surface area contributed by atoms with Gasteiger partial charge in [0.1, 0.15) is 0 Å². The smallest absolute Gasteiger partial charge is 0.338 e. The van der Waals surface area contributed by atoms with Crippen LogP contribution in [-0.2, 0) is 4.74 Å². The molecule has 0 N–H and O–H groups in total. The molecule has 2 aromatic rings. The summed E-state index contributed by atoms with van der Waals surface area (Å²) in [5.74, 6) is 0.0767. The molecular weight excluding hydrogens is 468 g/mol. The monoisotopic (exact) mass is 484 g/mol. The van der Waals surface area contributed by atoms with Crippen LogP contribution in [0.25, 0.3) is 0 Å². The van der Waals surface area contributed by atoms with Crippen LogP contribution < -0.4 is 9.47 Å². The molecule has 2 rings (SSSR count). The Kier molecular flexibility index (Phi) is 7.66. The van der Waals surface area contributed by atoms with E-state index in [-0.39, 0.29) is 18.0 Å². The molecule has 0 fully saturated rings. The van der Waals surface area contributed by atoms with Crippen molar-refractivity contribution in [1.82, 2.24) is 0 Å². The van der Waals surface area contributed by atoms with Crippen LogP contribution in [0.15, 0.2) is 45.3 Å². The molecule has 5 nitrogen and oxygen atoms in total.